The second-order valence-corrected chi connectivity index (χ2v) is 8.68. The van der Waals surface area contributed by atoms with E-state index in [2.05, 4.69) is 10.1 Å². The van der Waals surface area contributed by atoms with Gasteiger partial charge in [0.25, 0.3) is 0 Å². The topological polar surface area (TPSA) is 88.8 Å². The summed E-state index contributed by atoms with van der Waals surface area (Å²) in [5.41, 5.74) is 0. The van der Waals surface area contributed by atoms with Crippen LogP contribution < -0.4 is 5.32 Å². The van der Waals surface area contributed by atoms with Gasteiger partial charge in [-0.25, -0.2) is 13.2 Å². The molecule has 8 heteroatoms. The Balaban J connectivity index is 1.69. The Bertz CT molecular complexity index is 715. The van der Waals surface area contributed by atoms with E-state index < -0.39 is 16.0 Å². The number of carbonyl (C=O) groups excluding carboxylic acids is 1. The molecule has 0 aromatic carbocycles. The van der Waals surface area contributed by atoms with Gasteiger partial charge in [0.1, 0.15) is 10.7 Å². The van der Waals surface area contributed by atoms with Crippen molar-refractivity contribution in [1.82, 2.24) is 9.62 Å². The van der Waals surface area contributed by atoms with Crippen LogP contribution in [0, 0.1) is 5.92 Å². The predicted molar refractivity (Wildman–Crippen MR) is 91.9 cm³/mol. The van der Waals surface area contributed by atoms with Crippen LogP contribution in [0.5, 0.6) is 0 Å². The van der Waals surface area contributed by atoms with Gasteiger partial charge >= 0.3 is 5.97 Å². The minimum Gasteiger partial charge on any atom is -0.463 e. The maximum atomic E-state index is 13.0. The van der Waals surface area contributed by atoms with Crippen LogP contribution in [0.2, 0.25) is 0 Å². The van der Waals surface area contributed by atoms with Crippen molar-refractivity contribution >= 4 is 16.0 Å². The van der Waals surface area contributed by atoms with Gasteiger partial charge in [-0.3, -0.25) is 0 Å². The van der Waals surface area contributed by atoms with E-state index in [0.29, 0.717) is 31.3 Å². The smallest absolute Gasteiger partial charge is 0.373 e. The highest BCUT2D eigenvalue weighted by molar-refractivity contribution is 7.89. The van der Waals surface area contributed by atoms with Crippen molar-refractivity contribution < 1.29 is 22.4 Å². The summed E-state index contributed by atoms with van der Waals surface area (Å²) in [6.45, 7) is 3.80. The molecular weight excluding hydrogens is 344 g/mol. The summed E-state index contributed by atoms with van der Waals surface area (Å²) in [5, 5.41) is 3.54. The minimum atomic E-state index is -3.66. The molecule has 25 heavy (non-hydrogen) atoms. The van der Waals surface area contributed by atoms with Crippen molar-refractivity contribution in [3.63, 3.8) is 0 Å². The van der Waals surface area contributed by atoms with Crippen molar-refractivity contribution in [3.8, 4) is 0 Å². The Hall–Kier alpha value is -1.38. The Morgan fingerprint density at radius 3 is 2.56 bits per heavy atom. The lowest BCUT2D eigenvalue weighted by molar-refractivity contribution is 0.0563. The molecule has 0 radical (unpaired) electrons. The molecule has 0 spiro atoms. The van der Waals surface area contributed by atoms with Crippen LogP contribution in [0.1, 0.15) is 48.9 Å². The minimum absolute atomic E-state index is 0.0705. The van der Waals surface area contributed by atoms with Crippen LogP contribution in [0.3, 0.4) is 0 Å². The van der Waals surface area contributed by atoms with Crippen LogP contribution in [-0.4, -0.2) is 51.5 Å². The van der Waals surface area contributed by atoms with E-state index in [4.69, 9.17) is 4.42 Å². The summed E-state index contributed by atoms with van der Waals surface area (Å²) in [4.78, 5) is 11.7. The summed E-state index contributed by atoms with van der Waals surface area (Å²) in [5.74, 6) is 0.379. The zero-order valence-electron chi connectivity index (χ0n) is 14.8. The number of methoxy groups -OCH3 is 1. The van der Waals surface area contributed by atoms with Gasteiger partial charge in [0, 0.05) is 31.6 Å². The van der Waals surface area contributed by atoms with E-state index in [1.165, 1.54) is 30.3 Å². The number of hydrogen-bond donors (Lipinski definition) is 1. The zero-order chi connectivity index (χ0) is 18.0. The SMILES string of the molecule is CCc1oc(C(=O)OC)cc1S(=O)(=O)N1CCC(NCC2CC2)CC1. The number of esters is 1. The van der Waals surface area contributed by atoms with Crippen molar-refractivity contribution in [1.29, 1.82) is 0 Å². The van der Waals surface area contributed by atoms with Gasteiger partial charge in [-0.15, -0.1) is 0 Å². The van der Waals surface area contributed by atoms with E-state index in [1.54, 1.807) is 6.92 Å². The maximum Gasteiger partial charge on any atom is 0.373 e. The number of piperidine rings is 1. The van der Waals surface area contributed by atoms with Crippen LogP contribution >= 0.6 is 0 Å². The molecule has 1 saturated carbocycles. The Morgan fingerprint density at radius 1 is 1.32 bits per heavy atom. The molecule has 1 aromatic rings. The lowest BCUT2D eigenvalue weighted by Crippen LogP contribution is -2.45. The third-order valence-corrected chi connectivity index (χ3v) is 6.89. The number of nitrogens with one attached hydrogen (secondary N) is 1. The molecule has 2 fully saturated rings. The van der Waals surface area contributed by atoms with E-state index in [-0.39, 0.29) is 10.7 Å². The van der Waals surface area contributed by atoms with E-state index in [1.807, 2.05) is 0 Å². The molecule has 1 saturated heterocycles. The largest absolute Gasteiger partial charge is 0.463 e. The van der Waals surface area contributed by atoms with Gasteiger partial charge < -0.3 is 14.5 Å². The highest BCUT2D eigenvalue weighted by Gasteiger charge is 2.34. The third-order valence-electron chi connectivity index (χ3n) is 4.94. The van der Waals surface area contributed by atoms with Gasteiger partial charge in [-0.2, -0.15) is 4.31 Å². The normalized spacial score (nSPS) is 19.9. The molecule has 140 valence electrons. The first-order valence-corrected chi connectivity index (χ1v) is 10.3. The molecule has 7 nitrogen and oxygen atoms in total. The number of nitrogens with zero attached hydrogens (tertiary/aromatic N) is 1. The summed E-state index contributed by atoms with van der Waals surface area (Å²) in [6.07, 6.45) is 4.61. The first kappa shape index (κ1) is 18.4. The molecular formula is C17H26N2O5S. The Kier molecular flexibility index (Phi) is 5.50. The van der Waals surface area contributed by atoms with Gasteiger partial charge in [0.15, 0.2) is 0 Å². The molecule has 1 aliphatic carbocycles. The predicted octanol–water partition coefficient (Wildman–Crippen LogP) is 1.78. The molecule has 1 aliphatic heterocycles. The van der Waals surface area contributed by atoms with Crippen molar-refractivity contribution in [2.75, 3.05) is 26.7 Å². The number of ether oxygens (including phenoxy) is 1. The van der Waals surface area contributed by atoms with Crippen molar-refractivity contribution in [3.05, 3.63) is 17.6 Å². The van der Waals surface area contributed by atoms with E-state index >= 15 is 0 Å². The fourth-order valence-electron chi connectivity index (χ4n) is 3.17. The van der Waals surface area contributed by atoms with Crippen molar-refractivity contribution in [2.24, 2.45) is 5.92 Å². The standard InChI is InChI=1S/C17H26N2O5S/c1-3-14-16(10-15(24-14)17(20)23-2)25(21,22)19-8-6-13(7-9-19)18-11-12-4-5-12/h10,12-13,18H,3-9,11H2,1-2H3. The first-order chi connectivity index (χ1) is 12.0. The molecule has 2 aliphatic rings. The molecule has 0 atom stereocenters. The van der Waals surface area contributed by atoms with E-state index in [0.717, 1.165) is 25.3 Å². The molecule has 2 heterocycles. The second kappa shape index (κ2) is 7.47. The Labute approximate surface area is 148 Å². The lowest BCUT2D eigenvalue weighted by atomic mass is 10.1. The van der Waals surface area contributed by atoms with Crippen LogP contribution in [0.15, 0.2) is 15.4 Å². The first-order valence-electron chi connectivity index (χ1n) is 8.90. The zero-order valence-corrected chi connectivity index (χ0v) is 15.6. The van der Waals surface area contributed by atoms with Gasteiger partial charge in [0.2, 0.25) is 15.8 Å². The second-order valence-electron chi connectivity index (χ2n) is 6.77. The van der Waals surface area contributed by atoms with Gasteiger partial charge in [0.05, 0.1) is 7.11 Å². The molecule has 3 rings (SSSR count). The number of hydrogen-bond acceptors (Lipinski definition) is 6. The van der Waals surface area contributed by atoms with Crippen LogP contribution in [0.25, 0.3) is 0 Å². The quantitative estimate of drug-likeness (QED) is 0.736. The molecule has 0 amide bonds. The number of carbonyl (C=O) groups is 1. The average Bonchev–Trinajstić information content (AvgIpc) is 3.35. The number of furan rings is 1. The fraction of sp³-hybridized carbons (Fsp3) is 0.706. The van der Waals surface area contributed by atoms with Crippen molar-refractivity contribution in [2.45, 2.75) is 50.0 Å². The van der Waals surface area contributed by atoms with Gasteiger partial charge in [-0.05, 0) is 38.1 Å². The highest BCUT2D eigenvalue weighted by atomic mass is 32.2. The Morgan fingerprint density at radius 2 is 2.00 bits per heavy atom. The van der Waals surface area contributed by atoms with Gasteiger partial charge in [-0.1, -0.05) is 6.92 Å². The average molecular weight is 370 g/mol. The number of rotatable bonds is 7. The molecule has 1 aromatic heterocycles. The van der Waals surface area contributed by atoms with Crippen LogP contribution in [-0.2, 0) is 21.2 Å². The third kappa shape index (κ3) is 4.07. The van der Waals surface area contributed by atoms with Crippen LogP contribution in [0.4, 0.5) is 0 Å². The number of aryl methyl sites for hydroxylation is 1. The fourth-order valence-corrected chi connectivity index (χ4v) is 4.87. The monoisotopic (exact) mass is 370 g/mol. The maximum absolute atomic E-state index is 13.0. The highest BCUT2D eigenvalue weighted by Crippen LogP contribution is 2.29. The summed E-state index contributed by atoms with van der Waals surface area (Å²) in [7, 11) is -2.42. The summed E-state index contributed by atoms with van der Waals surface area (Å²) < 4.78 is 37.4. The summed E-state index contributed by atoms with van der Waals surface area (Å²) in [6, 6.07) is 1.67. The number of sulfonamides is 1. The van der Waals surface area contributed by atoms with E-state index in [9.17, 15) is 13.2 Å². The summed E-state index contributed by atoms with van der Waals surface area (Å²) >= 11 is 0. The molecule has 0 unspecified atom stereocenters. The molecule has 0 bridgehead atoms. The lowest BCUT2D eigenvalue weighted by Gasteiger charge is -2.31. The molecule has 1 N–H and O–H groups in total.